The first-order valence-electron chi connectivity index (χ1n) is 3.19. The van der Waals surface area contributed by atoms with E-state index in [1.807, 2.05) is 6.92 Å². The van der Waals surface area contributed by atoms with Crippen molar-refractivity contribution in [2.45, 2.75) is 32.5 Å². The third-order valence-corrected chi connectivity index (χ3v) is 1.68. The highest BCUT2D eigenvalue weighted by molar-refractivity contribution is 5.15. The Labute approximate surface area is 55.4 Å². The van der Waals surface area contributed by atoms with Gasteiger partial charge < -0.3 is 4.74 Å². The van der Waals surface area contributed by atoms with E-state index >= 15 is 0 Å². The molecular formula is C7H11NO. The van der Waals surface area contributed by atoms with Crippen LogP contribution in [0.3, 0.4) is 0 Å². The average Bonchev–Trinajstić information content (AvgIpc) is 2.44. The van der Waals surface area contributed by atoms with E-state index in [9.17, 15) is 0 Å². The molecule has 0 bridgehead atoms. The molecule has 2 heteroatoms. The van der Waals surface area contributed by atoms with Crippen LogP contribution in [0.25, 0.3) is 0 Å². The second kappa shape index (κ2) is 1.71. The molecule has 50 valence electrons. The Morgan fingerprint density at radius 1 is 1.67 bits per heavy atom. The zero-order chi connectivity index (χ0) is 7.07. The van der Waals surface area contributed by atoms with E-state index in [4.69, 9.17) is 10.00 Å². The Hall–Kier alpha value is -0.550. The number of rotatable bonds is 1. The second-order valence-electron chi connectivity index (χ2n) is 3.00. The van der Waals surface area contributed by atoms with Gasteiger partial charge in [-0.1, -0.05) is 13.8 Å². The Balaban J connectivity index is 2.51. The largest absolute Gasteiger partial charge is 0.350 e. The molecule has 2 atom stereocenters. The van der Waals surface area contributed by atoms with Crippen LogP contribution in [0.4, 0.5) is 0 Å². The number of nitrogens with zero attached hydrogens (tertiary/aromatic N) is 1. The Morgan fingerprint density at radius 2 is 2.22 bits per heavy atom. The molecule has 9 heavy (non-hydrogen) atoms. The van der Waals surface area contributed by atoms with Gasteiger partial charge in [0.05, 0.1) is 0 Å². The third-order valence-electron chi connectivity index (χ3n) is 1.68. The zero-order valence-corrected chi connectivity index (χ0v) is 6.01. The van der Waals surface area contributed by atoms with Gasteiger partial charge in [-0.3, -0.25) is 0 Å². The fourth-order valence-corrected chi connectivity index (χ4v) is 1.09. The fraction of sp³-hybridized carbons (Fsp3) is 0.857. The lowest BCUT2D eigenvalue weighted by Gasteiger charge is -1.96. The van der Waals surface area contributed by atoms with Crippen molar-refractivity contribution >= 4 is 0 Å². The monoisotopic (exact) mass is 125 g/mol. The number of hydrogen-bond donors (Lipinski definition) is 0. The summed E-state index contributed by atoms with van der Waals surface area (Å²) in [5, 5.41) is 8.51. The lowest BCUT2D eigenvalue weighted by Crippen LogP contribution is -2.10. The number of epoxide rings is 1. The topological polar surface area (TPSA) is 36.3 Å². The molecule has 0 aromatic heterocycles. The summed E-state index contributed by atoms with van der Waals surface area (Å²) in [6.07, 6.45) is 0.169. The molecule has 0 amide bonds. The molecule has 0 aromatic carbocycles. The van der Waals surface area contributed by atoms with Crippen LogP contribution in [0.5, 0.6) is 0 Å². The van der Waals surface area contributed by atoms with Crippen LogP contribution in [0, 0.1) is 17.2 Å². The summed E-state index contributed by atoms with van der Waals surface area (Å²) in [6.45, 7) is 5.96. The first-order valence-corrected chi connectivity index (χ1v) is 3.19. The van der Waals surface area contributed by atoms with Crippen LogP contribution in [-0.2, 0) is 4.74 Å². The van der Waals surface area contributed by atoms with Crippen LogP contribution in [0.15, 0.2) is 0 Å². The van der Waals surface area contributed by atoms with Gasteiger partial charge in [0.2, 0.25) is 0 Å². The first kappa shape index (κ1) is 6.57. The summed E-state index contributed by atoms with van der Waals surface area (Å²) < 4.78 is 5.15. The second-order valence-corrected chi connectivity index (χ2v) is 3.00. The van der Waals surface area contributed by atoms with Gasteiger partial charge in [-0.25, -0.2) is 0 Å². The molecule has 0 radical (unpaired) electrons. The van der Waals surface area contributed by atoms with Crippen molar-refractivity contribution in [3.63, 3.8) is 0 Å². The summed E-state index contributed by atoms with van der Waals surface area (Å²) in [5.41, 5.74) is -0.464. The Bertz CT molecular complexity index is 159. The summed E-state index contributed by atoms with van der Waals surface area (Å²) in [7, 11) is 0. The minimum absolute atomic E-state index is 0.169. The molecule has 0 spiro atoms. The smallest absolute Gasteiger partial charge is 0.178 e. The van der Waals surface area contributed by atoms with Gasteiger partial charge in [0, 0.05) is 0 Å². The molecule has 1 heterocycles. The average molecular weight is 125 g/mol. The van der Waals surface area contributed by atoms with Crippen LogP contribution in [0.2, 0.25) is 0 Å². The van der Waals surface area contributed by atoms with Gasteiger partial charge in [0.1, 0.15) is 12.2 Å². The van der Waals surface area contributed by atoms with Crippen molar-refractivity contribution < 1.29 is 4.74 Å². The number of ether oxygens (including phenoxy) is 1. The molecule has 0 aliphatic carbocycles. The summed E-state index contributed by atoms with van der Waals surface area (Å²) in [6, 6.07) is 2.12. The molecule has 0 saturated carbocycles. The van der Waals surface area contributed by atoms with Crippen LogP contribution >= 0.6 is 0 Å². The molecule has 1 aliphatic heterocycles. The molecule has 1 fully saturated rings. The molecule has 1 saturated heterocycles. The van der Waals surface area contributed by atoms with Crippen molar-refractivity contribution in [2.75, 3.05) is 0 Å². The minimum Gasteiger partial charge on any atom is -0.350 e. The van der Waals surface area contributed by atoms with Crippen molar-refractivity contribution in [3.8, 4) is 6.07 Å². The quantitative estimate of drug-likeness (QED) is 0.495. The predicted octanol–water partition coefficient (Wildman–Crippen LogP) is 1.32. The molecule has 0 unspecified atom stereocenters. The molecule has 1 rings (SSSR count). The maximum Gasteiger partial charge on any atom is 0.178 e. The van der Waals surface area contributed by atoms with E-state index in [0.717, 1.165) is 0 Å². The highest BCUT2D eigenvalue weighted by atomic mass is 16.6. The van der Waals surface area contributed by atoms with E-state index in [-0.39, 0.29) is 6.10 Å². The third kappa shape index (κ3) is 0.927. The van der Waals surface area contributed by atoms with Gasteiger partial charge in [-0.05, 0) is 12.8 Å². The SMILES string of the molecule is CC(C)[C@@H]1O[C@@]1(C)C#N. The zero-order valence-electron chi connectivity index (χ0n) is 6.01. The van der Waals surface area contributed by atoms with Gasteiger partial charge in [-0.15, -0.1) is 0 Å². The van der Waals surface area contributed by atoms with Crippen molar-refractivity contribution in [3.05, 3.63) is 0 Å². The normalized spacial score (nSPS) is 40.6. The van der Waals surface area contributed by atoms with E-state index in [2.05, 4.69) is 19.9 Å². The van der Waals surface area contributed by atoms with Crippen LogP contribution in [0.1, 0.15) is 20.8 Å². The van der Waals surface area contributed by atoms with Crippen molar-refractivity contribution in [1.29, 1.82) is 5.26 Å². The fourth-order valence-electron chi connectivity index (χ4n) is 1.09. The lowest BCUT2D eigenvalue weighted by molar-refractivity contribution is 0.320. The van der Waals surface area contributed by atoms with Gasteiger partial charge in [-0.2, -0.15) is 5.26 Å². The summed E-state index contributed by atoms with van der Waals surface area (Å²) in [4.78, 5) is 0. The standard InChI is InChI=1S/C7H11NO/c1-5(2)6-7(3,4-8)9-6/h5-6H,1-3H3/t6-,7-/m0/s1. The number of nitriles is 1. The molecule has 0 aromatic rings. The summed E-state index contributed by atoms with van der Waals surface area (Å²) in [5.74, 6) is 0.467. The summed E-state index contributed by atoms with van der Waals surface area (Å²) >= 11 is 0. The van der Waals surface area contributed by atoms with E-state index < -0.39 is 5.60 Å². The van der Waals surface area contributed by atoms with Crippen LogP contribution in [-0.4, -0.2) is 11.7 Å². The predicted molar refractivity (Wildman–Crippen MR) is 33.7 cm³/mol. The first-order chi connectivity index (χ1) is 4.10. The van der Waals surface area contributed by atoms with Crippen molar-refractivity contribution in [1.82, 2.24) is 0 Å². The molecule has 1 aliphatic rings. The molecule has 2 nitrogen and oxygen atoms in total. The maximum absolute atomic E-state index is 8.51. The maximum atomic E-state index is 8.51. The van der Waals surface area contributed by atoms with E-state index in [1.54, 1.807) is 0 Å². The molecule has 0 N–H and O–H groups in total. The Kier molecular flexibility index (Phi) is 1.25. The highest BCUT2D eigenvalue weighted by Gasteiger charge is 2.54. The minimum atomic E-state index is -0.464. The van der Waals surface area contributed by atoms with Gasteiger partial charge >= 0.3 is 0 Å². The Morgan fingerprint density at radius 3 is 2.33 bits per heavy atom. The lowest BCUT2D eigenvalue weighted by atomic mass is 10.0. The van der Waals surface area contributed by atoms with E-state index in [0.29, 0.717) is 5.92 Å². The van der Waals surface area contributed by atoms with Gasteiger partial charge in [0.25, 0.3) is 0 Å². The van der Waals surface area contributed by atoms with Gasteiger partial charge in [0.15, 0.2) is 5.60 Å². The number of hydrogen-bond acceptors (Lipinski definition) is 2. The molecular weight excluding hydrogens is 114 g/mol. The highest BCUT2D eigenvalue weighted by Crippen LogP contribution is 2.39. The van der Waals surface area contributed by atoms with Crippen molar-refractivity contribution in [2.24, 2.45) is 5.92 Å². The van der Waals surface area contributed by atoms with E-state index in [1.165, 1.54) is 0 Å². The van der Waals surface area contributed by atoms with Crippen LogP contribution < -0.4 is 0 Å².